The van der Waals surface area contributed by atoms with Crippen LogP contribution in [-0.2, 0) is 4.79 Å². The fourth-order valence-corrected chi connectivity index (χ4v) is 1.63. The van der Waals surface area contributed by atoms with Crippen LogP contribution < -0.4 is 10.2 Å². The van der Waals surface area contributed by atoms with Crippen molar-refractivity contribution >= 4 is 23.4 Å². The normalized spacial score (nSPS) is 10.2. The number of hydrogen-bond acceptors (Lipinski definition) is 5. The molecule has 0 aliphatic carbocycles. The van der Waals surface area contributed by atoms with Gasteiger partial charge in [0.2, 0.25) is 0 Å². The van der Waals surface area contributed by atoms with Crippen LogP contribution in [0.2, 0.25) is 0 Å². The number of nitrogens with zero attached hydrogens (tertiary/aromatic N) is 3. The van der Waals surface area contributed by atoms with Gasteiger partial charge in [-0.25, -0.2) is 9.97 Å². The standard InChI is InChI=1S/C12H15N5O2/c1-8-15-9(14-7-12(18)19)6-11(16-8)17(2)10-4-3-5-13-10/h3-6,13H,7H2,1-2H3,(H,18,19)(H,14,15,16). The Hall–Kier alpha value is -2.57. The third kappa shape index (κ3) is 3.21. The Morgan fingerprint density at radius 3 is 2.95 bits per heavy atom. The van der Waals surface area contributed by atoms with Crippen molar-refractivity contribution in [2.45, 2.75) is 6.92 Å². The van der Waals surface area contributed by atoms with Crippen LogP contribution in [0.1, 0.15) is 5.82 Å². The minimum Gasteiger partial charge on any atom is -0.480 e. The summed E-state index contributed by atoms with van der Waals surface area (Å²) in [5, 5.41) is 11.4. The quantitative estimate of drug-likeness (QED) is 0.752. The van der Waals surface area contributed by atoms with E-state index in [-0.39, 0.29) is 6.54 Å². The molecule has 7 nitrogen and oxygen atoms in total. The highest BCUT2D eigenvalue weighted by atomic mass is 16.4. The molecule has 100 valence electrons. The molecule has 2 aromatic heterocycles. The largest absolute Gasteiger partial charge is 0.480 e. The Morgan fingerprint density at radius 1 is 1.53 bits per heavy atom. The predicted octanol–water partition coefficient (Wildman–Crippen LogP) is 1.38. The molecule has 0 aliphatic rings. The van der Waals surface area contributed by atoms with Crippen molar-refractivity contribution in [1.82, 2.24) is 15.0 Å². The average molecular weight is 261 g/mol. The molecule has 2 rings (SSSR count). The van der Waals surface area contributed by atoms with Gasteiger partial charge in [-0.1, -0.05) is 0 Å². The second-order valence-corrected chi connectivity index (χ2v) is 4.02. The SMILES string of the molecule is Cc1nc(NCC(=O)O)cc(N(C)c2ccc[nH]2)n1. The summed E-state index contributed by atoms with van der Waals surface area (Å²) in [6.07, 6.45) is 1.82. The summed E-state index contributed by atoms with van der Waals surface area (Å²) in [7, 11) is 1.87. The summed E-state index contributed by atoms with van der Waals surface area (Å²) >= 11 is 0. The van der Waals surface area contributed by atoms with Gasteiger partial charge in [0.1, 0.15) is 29.8 Å². The van der Waals surface area contributed by atoms with E-state index >= 15 is 0 Å². The lowest BCUT2D eigenvalue weighted by Gasteiger charge is -2.17. The summed E-state index contributed by atoms with van der Waals surface area (Å²) in [6, 6.07) is 5.52. The second-order valence-electron chi connectivity index (χ2n) is 4.02. The maximum atomic E-state index is 10.5. The highest BCUT2D eigenvalue weighted by Crippen LogP contribution is 2.21. The van der Waals surface area contributed by atoms with Crippen LogP contribution in [0.15, 0.2) is 24.4 Å². The van der Waals surface area contributed by atoms with Crippen LogP contribution in [0, 0.1) is 6.92 Å². The highest BCUT2D eigenvalue weighted by Gasteiger charge is 2.09. The summed E-state index contributed by atoms with van der Waals surface area (Å²) in [6.45, 7) is 1.58. The first-order chi connectivity index (χ1) is 9.06. The highest BCUT2D eigenvalue weighted by molar-refractivity contribution is 5.72. The van der Waals surface area contributed by atoms with Gasteiger partial charge < -0.3 is 20.3 Å². The monoisotopic (exact) mass is 261 g/mol. The fourth-order valence-electron chi connectivity index (χ4n) is 1.63. The molecule has 2 aromatic rings. The molecule has 0 aliphatic heterocycles. The number of carboxylic acids is 1. The van der Waals surface area contributed by atoms with Gasteiger partial charge in [0.15, 0.2) is 0 Å². The maximum Gasteiger partial charge on any atom is 0.322 e. The fraction of sp³-hybridized carbons (Fsp3) is 0.250. The molecule has 0 fully saturated rings. The zero-order chi connectivity index (χ0) is 13.8. The number of hydrogen-bond donors (Lipinski definition) is 3. The van der Waals surface area contributed by atoms with Gasteiger partial charge in [-0.15, -0.1) is 0 Å². The van der Waals surface area contributed by atoms with Gasteiger partial charge in [-0.05, 0) is 19.1 Å². The number of anilines is 3. The van der Waals surface area contributed by atoms with Crippen LogP contribution in [0.3, 0.4) is 0 Å². The van der Waals surface area contributed by atoms with Gasteiger partial charge in [0, 0.05) is 19.3 Å². The number of aliphatic carboxylic acids is 1. The third-order valence-corrected chi connectivity index (χ3v) is 2.53. The van der Waals surface area contributed by atoms with Crippen molar-refractivity contribution in [2.24, 2.45) is 0 Å². The molecule has 7 heteroatoms. The summed E-state index contributed by atoms with van der Waals surface area (Å²) in [5.74, 6) is 1.70. The molecule has 2 heterocycles. The minimum atomic E-state index is -0.935. The van der Waals surface area contributed by atoms with E-state index in [1.807, 2.05) is 30.3 Å². The van der Waals surface area contributed by atoms with Gasteiger partial charge in [-0.3, -0.25) is 4.79 Å². The van der Waals surface area contributed by atoms with Crippen molar-refractivity contribution in [3.63, 3.8) is 0 Å². The van der Waals surface area contributed by atoms with Crippen LogP contribution >= 0.6 is 0 Å². The van der Waals surface area contributed by atoms with E-state index in [0.29, 0.717) is 17.5 Å². The second kappa shape index (κ2) is 5.38. The molecule has 0 amide bonds. The molecule has 0 bridgehead atoms. The van der Waals surface area contributed by atoms with E-state index in [0.717, 1.165) is 5.82 Å². The number of rotatable bonds is 5. The lowest BCUT2D eigenvalue weighted by molar-refractivity contribution is -0.134. The van der Waals surface area contributed by atoms with E-state index in [1.54, 1.807) is 13.0 Å². The number of H-pyrrole nitrogens is 1. The number of carboxylic acid groups (broad SMARTS) is 1. The minimum absolute atomic E-state index is 0.178. The van der Waals surface area contributed by atoms with Gasteiger partial charge >= 0.3 is 5.97 Å². The molecule has 0 aromatic carbocycles. The van der Waals surface area contributed by atoms with Crippen molar-refractivity contribution in [3.8, 4) is 0 Å². The Bertz CT molecular complexity index is 568. The Labute approximate surface area is 110 Å². The molecule has 3 N–H and O–H groups in total. The Morgan fingerprint density at radius 2 is 2.32 bits per heavy atom. The molecule has 0 atom stereocenters. The van der Waals surface area contributed by atoms with E-state index < -0.39 is 5.97 Å². The molecule has 0 saturated heterocycles. The Balaban J connectivity index is 2.23. The molecular weight excluding hydrogens is 246 g/mol. The van der Waals surface area contributed by atoms with Crippen LogP contribution in [0.4, 0.5) is 17.5 Å². The summed E-state index contributed by atoms with van der Waals surface area (Å²) < 4.78 is 0. The topological polar surface area (TPSA) is 94.1 Å². The molecule has 0 spiro atoms. The van der Waals surface area contributed by atoms with Crippen molar-refractivity contribution in [3.05, 3.63) is 30.2 Å². The Kier molecular flexibility index (Phi) is 3.65. The van der Waals surface area contributed by atoms with Gasteiger partial charge in [-0.2, -0.15) is 0 Å². The van der Waals surface area contributed by atoms with Crippen LogP contribution in [-0.4, -0.2) is 39.6 Å². The van der Waals surface area contributed by atoms with Crippen molar-refractivity contribution in [2.75, 3.05) is 23.8 Å². The van der Waals surface area contributed by atoms with E-state index in [9.17, 15) is 4.79 Å². The molecule has 0 saturated carbocycles. The smallest absolute Gasteiger partial charge is 0.322 e. The number of aromatic amines is 1. The molecule has 0 radical (unpaired) electrons. The van der Waals surface area contributed by atoms with E-state index in [1.165, 1.54) is 0 Å². The first kappa shape index (κ1) is 12.9. The molecule has 19 heavy (non-hydrogen) atoms. The average Bonchev–Trinajstić information content (AvgIpc) is 2.88. The first-order valence-corrected chi connectivity index (χ1v) is 5.75. The van der Waals surface area contributed by atoms with Crippen molar-refractivity contribution < 1.29 is 9.90 Å². The lowest BCUT2D eigenvalue weighted by atomic mass is 10.4. The van der Waals surface area contributed by atoms with Gasteiger partial charge in [0.05, 0.1) is 0 Å². The zero-order valence-corrected chi connectivity index (χ0v) is 10.7. The number of carbonyl (C=O) groups is 1. The molecular formula is C12H15N5O2. The maximum absolute atomic E-state index is 10.5. The first-order valence-electron chi connectivity index (χ1n) is 5.75. The molecule has 0 unspecified atom stereocenters. The van der Waals surface area contributed by atoms with E-state index in [2.05, 4.69) is 20.3 Å². The predicted molar refractivity (Wildman–Crippen MR) is 71.8 cm³/mol. The summed E-state index contributed by atoms with van der Waals surface area (Å²) in [5.41, 5.74) is 0. The van der Waals surface area contributed by atoms with Gasteiger partial charge in [0.25, 0.3) is 0 Å². The van der Waals surface area contributed by atoms with Crippen LogP contribution in [0.25, 0.3) is 0 Å². The zero-order valence-electron chi connectivity index (χ0n) is 10.7. The third-order valence-electron chi connectivity index (χ3n) is 2.53. The lowest BCUT2D eigenvalue weighted by Crippen LogP contribution is -2.16. The number of aryl methyl sites for hydroxylation is 1. The number of nitrogens with one attached hydrogen (secondary N) is 2. The number of aromatic nitrogens is 3. The van der Waals surface area contributed by atoms with Crippen LogP contribution in [0.5, 0.6) is 0 Å². The van der Waals surface area contributed by atoms with E-state index in [4.69, 9.17) is 5.11 Å². The van der Waals surface area contributed by atoms with Crippen molar-refractivity contribution in [1.29, 1.82) is 0 Å². The summed E-state index contributed by atoms with van der Waals surface area (Å²) in [4.78, 5) is 24.0.